The molecule has 8 nitrogen and oxygen atoms in total. The number of nitrogens with zero attached hydrogens (tertiary/aromatic N) is 5. The zero-order chi connectivity index (χ0) is 22.2. The fourth-order valence-corrected chi connectivity index (χ4v) is 4.04. The molecule has 1 aliphatic carbocycles. The van der Waals surface area contributed by atoms with Gasteiger partial charge >= 0.3 is 0 Å². The van der Waals surface area contributed by atoms with Crippen molar-refractivity contribution in [1.82, 2.24) is 24.5 Å². The summed E-state index contributed by atoms with van der Waals surface area (Å²) in [5.74, 6) is 0.545. The third-order valence-corrected chi connectivity index (χ3v) is 5.71. The summed E-state index contributed by atoms with van der Waals surface area (Å²) >= 11 is 0. The Labute approximate surface area is 183 Å². The molecule has 0 aromatic carbocycles. The number of aromatic nitrogens is 4. The molecule has 0 spiro atoms. The Morgan fingerprint density at radius 3 is 2.58 bits per heavy atom. The molecule has 1 amide bonds. The van der Waals surface area contributed by atoms with E-state index in [-0.39, 0.29) is 17.5 Å². The second kappa shape index (κ2) is 10.9. The smallest absolute Gasteiger partial charge is 0.288 e. The number of amides is 1. The van der Waals surface area contributed by atoms with Gasteiger partial charge in [0.05, 0.1) is 0 Å². The lowest BCUT2D eigenvalue weighted by atomic mass is 9.95. The third-order valence-electron chi connectivity index (χ3n) is 5.71. The van der Waals surface area contributed by atoms with Crippen molar-refractivity contribution in [3.63, 3.8) is 0 Å². The maximum Gasteiger partial charge on any atom is 0.288 e. The number of nitrogens with one attached hydrogen (secondary N) is 1. The molecule has 2 aromatic rings. The fourth-order valence-electron chi connectivity index (χ4n) is 4.04. The Morgan fingerprint density at radius 1 is 1.23 bits per heavy atom. The Kier molecular flexibility index (Phi) is 8.03. The maximum absolute atomic E-state index is 13.2. The zero-order valence-corrected chi connectivity index (χ0v) is 18.6. The van der Waals surface area contributed by atoms with Crippen LogP contribution in [0.1, 0.15) is 68.6 Å². The van der Waals surface area contributed by atoms with Gasteiger partial charge in [-0.1, -0.05) is 51.2 Å². The molecule has 2 heterocycles. The van der Waals surface area contributed by atoms with Gasteiger partial charge in [0.2, 0.25) is 11.7 Å². The molecule has 0 bridgehead atoms. The summed E-state index contributed by atoms with van der Waals surface area (Å²) in [6.07, 6.45) is 13.6. The number of hydrogen-bond donors (Lipinski definition) is 1. The van der Waals surface area contributed by atoms with Crippen molar-refractivity contribution in [2.45, 2.75) is 70.9 Å². The van der Waals surface area contributed by atoms with E-state index >= 15 is 0 Å². The van der Waals surface area contributed by atoms with Crippen molar-refractivity contribution < 1.29 is 4.79 Å². The molecule has 0 saturated heterocycles. The van der Waals surface area contributed by atoms with Crippen LogP contribution in [0, 0.1) is 0 Å². The monoisotopic (exact) mass is 426 g/mol. The molecule has 2 aromatic heterocycles. The highest BCUT2D eigenvalue weighted by Gasteiger charge is 2.23. The average Bonchev–Trinajstić information content (AvgIpc) is 3.22. The third kappa shape index (κ3) is 5.42. The zero-order valence-electron chi connectivity index (χ0n) is 18.6. The van der Waals surface area contributed by atoms with Gasteiger partial charge in [0, 0.05) is 31.9 Å². The first-order valence-corrected chi connectivity index (χ1v) is 11.4. The van der Waals surface area contributed by atoms with E-state index in [0.717, 1.165) is 44.9 Å². The summed E-state index contributed by atoms with van der Waals surface area (Å²) in [6.45, 7) is 11.4. The first-order chi connectivity index (χ1) is 15.1. The van der Waals surface area contributed by atoms with Gasteiger partial charge in [-0.05, 0) is 19.3 Å². The number of carbonyl (C=O) groups excluding carboxylic acids is 1. The molecule has 31 heavy (non-hydrogen) atoms. The summed E-state index contributed by atoms with van der Waals surface area (Å²) in [5, 5.41) is 7.51. The summed E-state index contributed by atoms with van der Waals surface area (Å²) in [5.41, 5.74) is -0.323. The van der Waals surface area contributed by atoms with Crippen LogP contribution in [-0.4, -0.2) is 44.2 Å². The topological polar surface area (TPSA) is 84.5 Å². The summed E-state index contributed by atoms with van der Waals surface area (Å²) in [7, 11) is 0. The highest BCUT2D eigenvalue weighted by atomic mass is 16.2. The van der Waals surface area contributed by atoms with Crippen LogP contribution in [0.15, 0.2) is 36.3 Å². The summed E-state index contributed by atoms with van der Waals surface area (Å²) < 4.78 is 3.14. The molecular weight excluding hydrogens is 392 g/mol. The van der Waals surface area contributed by atoms with Crippen LogP contribution >= 0.6 is 0 Å². The van der Waals surface area contributed by atoms with E-state index in [1.807, 2.05) is 9.47 Å². The van der Waals surface area contributed by atoms with Gasteiger partial charge in [-0.2, -0.15) is 9.50 Å². The van der Waals surface area contributed by atoms with Crippen molar-refractivity contribution >= 4 is 17.6 Å². The number of fused-ring (bicyclic) bond motifs is 1. The van der Waals surface area contributed by atoms with E-state index in [1.54, 1.807) is 18.3 Å². The van der Waals surface area contributed by atoms with Gasteiger partial charge < -0.3 is 14.8 Å². The maximum atomic E-state index is 13.2. The van der Waals surface area contributed by atoms with Crippen LogP contribution in [-0.2, 0) is 6.54 Å². The minimum atomic E-state index is -0.439. The number of anilines is 1. The second-order valence-corrected chi connectivity index (χ2v) is 8.16. The Morgan fingerprint density at radius 2 is 1.94 bits per heavy atom. The van der Waals surface area contributed by atoms with Crippen LogP contribution in [0.25, 0.3) is 5.78 Å². The van der Waals surface area contributed by atoms with Gasteiger partial charge in [-0.3, -0.25) is 9.59 Å². The molecule has 1 saturated carbocycles. The predicted octanol–water partition coefficient (Wildman–Crippen LogP) is 3.32. The molecule has 3 rings (SSSR count). The van der Waals surface area contributed by atoms with Gasteiger partial charge in [0.1, 0.15) is 5.56 Å². The van der Waals surface area contributed by atoms with Crippen molar-refractivity contribution in [1.29, 1.82) is 0 Å². The van der Waals surface area contributed by atoms with Crippen molar-refractivity contribution in [2.24, 2.45) is 0 Å². The predicted molar refractivity (Wildman–Crippen MR) is 124 cm³/mol. The average molecular weight is 427 g/mol. The van der Waals surface area contributed by atoms with E-state index in [0.29, 0.717) is 31.4 Å². The highest BCUT2D eigenvalue weighted by Crippen LogP contribution is 2.18. The van der Waals surface area contributed by atoms with Gasteiger partial charge in [0.15, 0.2) is 0 Å². The largest absolute Gasteiger partial charge is 0.349 e. The number of carbonyl (C=O) groups is 1. The molecular formula is C23H34N6O2. The first kappa shape index (κ1) is 22.8. The molecule has 0 unspecified atom stereocenters. The molecule has 168 valence electrons. The van der Waals surface area contributed by atoms with Crippen LogP contribution in [0.2, 0.25) is 0 Å². The Balaban J connectivity index is 2.00. The van der Waals surface area contributed by atoms with E-state index < -0.39 is 5.56 Å². The standard InChI is InChI=1S/C23H34N6O2/c1-4-7-11-16-28-17-19(20(30)24-18-12-9-8-10-13-18)21(31)29-23(28)25-22(26-29)27(14-5-2)15-6-3/h5-6,17-18H,2-4,7-16H2,1H3,(H,24,30). The van der Waals surface area contributed by atoms with Crippen LogP contribution in [0.5, 0.6) is 0 Å². The summed E-state index contributed by atoms with van der Waals surface area (Å²) in [6, 6.07) is 0.131. The second-order valence-electron chi connectivity index (χ2n) is 8.16. The first-order valence-electron chi connectivity index (χ1n) is 11.4. The summed E-state index contributed by atoms with van der Waals surface area (Å²) in [4.78, 5) is 32.7. The minimum absolute atomic E-state index is 0.116. The van der Waals surface area contributed by atoms with E-state index in [2.05, 4.69) is 35.5 Å². The number of aryl methyl sites for hydroxylation is 1. The van der Waals surface area contributed by atoms with Gasteiger partial charge in [-0.25, -0.2) is 0 Å². The van der Waals surface area contributed by atoms with Crippen LogP contribution in [0.3, 0.4) is 0 Å². The van der Waals surface area contributed by atoms with E-state index in [1.165, 1.54) is 10.9 Å². The minimum Gasteiger partial charge on any atom is -0.349 e. The van der Waals surface area contributed by atoms with E-state index in [4.69, 9.17) is 0 Å². The molecule has 1 fully saturated rings. The fraction of sp³-hybridized carbons (Fsp3) is 0.565. The molecule has 0 atom stereocenters. The van der Waals surface area contributed by atoms with Gasteiger partial charge in [-0.15, -0.1) is 18.3 Å². The molecule has 1 aliphatic rings. The molecule has 8 heteroatoms. The Hall–Kier alpha value is -2.90. The lowest BCUT2D eigenvalue weighted by Gasteiger charge is -2.22. The number of rotatable bonds is 11. The number of hydrogen-bond acceptors (Lipinski definition) is 5. The van der Waals surface area contributed by atoms with Crippen molar-refractivity contribution in [2.75, 3.05) is 18.0 Å². The van der Waals surface area contributed by atoms with Crippen molar-refractivity contribution in [3.8, 4) is 0 Å². The quantitative estimate of drug-likeness (QED) is 0.440. The lowest BCUT2D eigenvalue weighted by molar-refractivity contribution is 0.0925. The Bertz CT molecular complexity index is 960. The van der Waals surface area contributed by atoms with Gasteiger partial charge in [0.25, 0.3) is 11.5 Å². The SMILES string of the molecule is C=CCN(CC=C)c1nc2n(CCCCC)cc(C(=O)NC3CCCCC3)c(=O)n2n1. The van der Waals surface area contributed by atoms with Crippen molar-refractivity contribution in [3.05, 3.63) is 47.4 Å². The van der Waals surface area contributed by atoms with Crippen LogP contribution in [0.4, 0.5) is 5.95 Å². The lowest BCUT2D eigenvalue weighted by Crippen LogP contribution is -2.40. The normalized spacial score (nSPS) is 14.5. The highest BCUT2D eigenvalue weighted by molar-refractivity contribution is 5.94. The molecule has 0 radical (unpaired) electrons. The molecule has 0 aliphatic heterocycles. The van der Waals surface area contributed by atoms with Crippen LogP contribution < -0.4 is 15.8 Å². The molecule has 1 N–H and O–H groups in total. The number of unbranched alkanes of at least 4 members (excludes halogenated alkanes) is 2. The van der Waals surface area contributed by atoms with E-state index in [9.17, 15) is 9.59 Å².